The van der Waals surface area contributed by atoms with Gasteiger partial charge in [0, 0.05) is 22.1 Å². The zero-order valence-corrected chi connectivity index (χ0v) is 27.8. The van der Waals surface area contributed by atoms with Gasteiger partial charge < -0.3 is 0 Å². The van der Waals surface area contributed by atoms with E-state index in [9.17, 15) is 0 Å². The standard InChI is InChI=1S/C44H39N3/c1-43(2,3)35-21-23-37-36-22-20-34(26-38(36)44(4,5)39(37)27-35)42-46-40(32-17-11-16-31(24-32)28-12-7-6-8-13-28)45-41(47-42)33-19-18-29-14-9-10-15-30(29)25-33/h6-26,35H,27H2,1-5H3. The molecule has 0 N–H and O–H groups in total. The van der Waals surface area contributed by atoms with Gasteiger partial charge in [-0.05, 0) is 74.6 Å². The Hall–Kier alpha value is -5.15. The highest BCUT2D eigenvalue weighted by atomic mass is 15.0. The fourth-order valence-corrected chi connectivity index (χ4v) is 7.31. The minimum Gasteiger partial charge on any atom is -0.208 e. The summed E-state index contributed by atoms with van der Waals surface area (Å²) in [5.41, 5.74) is 11.0. The Morgan fingerprint density at radius 2 is 1.17 bits per heavy atom. The maximum absolute atomic E-state index is 5.16. The van der Waals surface area contributed by atoms with Gasteiger partial charge in [0.1, 0.15) is 0 Å². The minimum atomic E-state index is -0.0734. The second-order valence-electron chi connectivity index (χ2n) is 14.6. The predicted octanol–water partition coefficient (Wildman–Crippen LogP) is 11.4. The highest BCUT2D eigenvalue weighted by Gasteiger charge is 2.41. The molecule has 0 fully saturated rings. The first-order chi connectivity index (χ1) is 22.6. The summed E-state index contributed by atoms with van der Waals surface area (Å²) in [5, 5.41) is 2.36. The van der Waals surface area contributed by atoms with Crippen molar-refractivity contribution in [2.24, 2.45) is 11.3 Å². The summed E-state index contributed by atoms with van der Waals surface area (Å²) in [6.07, 6.45) is 5.89. The number of benzene rings is 5. The molecule has 0 aliphatic heterocycles. The van der Waals surface area contributed by atoms with E-state index in [1.165, 1.54) is 33.2 Å². The van der Waals surface area contributed by atoms with Crippen LogP contribution in [0.3, 0.4) is 0 Å². The normalized spacial score (nSPS) is 16.7. The second-order valence-corrected chi connectivity index (χ2v) is 14.6. The van der Waals surface area contributed by atoms with E-state index in [1.807, 2.05) is 6.07 Å². The zero-order valence-electron chi connectivity index (χ0n) is 27.8. The summed E-state index contributed by atoms with van der Waals surface area (Å²) in [5.74, 6) is 2.56. The van der Waals surface area contributed by atoms with Crippen LogP contribution in [0.2, 0.25) is 0 Å². The van der Waals surface area contributed by atoms with E-state index in [0.717, 1.165) is 34.1 Å². The van der Waals surface area contributed by atoms with E-state index in [4.69, 9.17) is 15.0 Å². The van der Waals surface area contributed by atoms with E-state index >= 15 is 0 Å². The molecule has 0 radical (unpaired) electrons. The lowest BCUT2D eigenvalue weighted by molar-refractivity contribution is 0.283. The molecule has 3 nitrogen and oxygen atoms in total. The number of fused-ring (bicyclic) bond motifs is 3. The molecule has 0 saturated heterocycles. The Balaban J connectivity index is 1.26. The Morgan fingerprint density at radius 1 is 0.574 bits per heavy atom. The van der Waals surface area contributed by atoms with Crippen molar-refractivity contribution in [2.45, 2.75) is 46.5 Å². The molecule has 2 aliphatic rings. The quantitative estimate of drug-likeness (QED) is 0.200. The van der Waals surface area contributed by atoms with E-state index < -0.39 is 0 Å². The Labute approximate surface area is 277 Å². The van der Waals surface area contributed by atoms with E-state index in [0.29, 0.717) is 23.4 Å². The number of nitrogens with zero attached hydrogens (tertiary/aromatic N) is 3. The van der Waals surface area contributed by atoms with Crippen LogP contribution in [0.15, 0.2) is 133 Å². The molecule has 1 heterocycles. The van der Waals surface area contributed by atoms with E-state index in [-0.39, 0.29) is 10.8 Å². The maximum Gasteiger partial charge on any atom is 0.164 e. The summed E-state index contributed by atoms with van der Waals surface area (Å²) in [6.45, 7) is 11.8. The van der Waals surface area contributed by atoms with Gasteiger partial charge in [0.05, 0.1) is 0 Å². The smallest absolute Gasteiger partial charge is 0.164 e. The molecule has 0 bridgehead atoms. The van der Waals surface area contributed by atoms with Gasteiger partial charge in [-0.15, -0.1) is 0 Å². The molecule has 0 spiro atoms. The molecule has 47 heavy (non-hydrogen) atoms. The molecule has 1 aromatic heterocycles. The zero-order chi connectivity index (χ0) is 32.3. The van der Waals surface area contributed by atoms with Crippen LogP contribution in [0.25, 0.3) is 61.6 Å². The molecule has 6 aromatic rings. The van der Waals surface area contributed by atoms with Gasteiger partial charge in [-0.1, -0.05) is 149 Å². The molecule has 1 unspecified atom stereocenters. The van der Waals surface area contributed by atoms with Crippen LogP contribution in [-0.4, -0.2) is 15.0 Å². The first-order valence-corrected chi connectivity index (χ1v) is 16.6. The number of hydrogen-bond acceptors (Lipinski definition) is 3. The van der Waals surface area contributed by atoms with Crippen molar-refractivity contribution < 1.29 is 0 Å². The fourth-order valence-electron chi connectivity index (χ4n) is 7.31. The lowest BCUT2D eigenvalue weighted by Gasteiger charge is -2.35. The van der Waals surface area contributed by atoms with E-state index in [2.05, 4.69) is 156 Å². The third-order valence-electron chi connectivity index (χ3n) is 10.2. The van der Waals surface area contributed by atoms with Gasteiger partial charge in [-0.25, -0.2) is 15.0 Å². The number of hydrogen-bond donors (Lipinski definition) is 0. The van der Waals surface area contributed by atoms with Gasteiger partial charge in [0.15, 0.2) is 17.5 Å². The minimum absolute atomic E-state index is 0.0734. The highest BCUT2D eigenvalue weighted by molar-refractivity contribution is 5.89. The Kier molecular flexibility index (Phi) is 6.84. The third-order valence-corrected chi connectivity index (χ3v) is 10.2. The van der Waals surface area contributed by atoms with Crippen LogP contribution >= 0.6 is 0 Å². The summed E-state index contributed by atoms with van der Waals surface area (Å²) >= 11 is 0. The van der Waals surface area contributed by atoms with Crippen LogP contribution < -0.4 is 0 Å². The third kappa shape index (κ3) is 5.20. The monoisotopic (exact) mass is 609 g/mol. The molecule has 230 valence electrons. The van der Waals surface area contributed by atoms with Crippen LogP contribution in [0.1, 0.15) is 52.2 Å². The molecule has 2 aliphatic carbocycles. The topological polar surface area (TPSA) is 38.7 Å². The SMILES string of the molecule is CC1(C)C2=C(C=CC(C(C)(C)C)C2)c2ccc(-c3nc(-c4cccc(-c5ccccc5)c4)nc(-c4ccc5ccccc5c4)n3)cc21. The average molecular weight is 610 g/mol. The Morgan fingerprint density at radius 3 is 1.89 bits per heavy atom. The first-order valence-electron chi connectivity index (χ1n) is 16.6. The van der Waals surface area contributed by atoms with Crippen molar-refractivity contribution in [1.29, 1.82) is 0 Å². The lowest BCUT2D eigenvalue weighted by atomic mass is 9.69. The predicted molar refractivity (Wildman–Crippen MR) is 196 cm³/mol. The van der Waals surface area contributed by atoms with Gasteiger partial charge in [-0.2, -0.15) is 0 Å². The molecule has 8 rings (SSSR count). The Bertz CT molecular complexity index is 2230. The fraction of sp³-hybridized carbons (Fsp3) is 0.205. The summed E-state index contributed by atoms with van der Waals surface area (Å²) in [4.78, 5) is 15.4. The summed E-state index contributed by atoms with van der Waals surface area (Å²) in [7, 11) is 0. The average Bonchev–Trinajstić information content (AvgIpc) is 3.33. The van der Waals surface area contributed by atoms with Crippen LogP contribution in [-0.2, 0) is 5.41 Å². The number of allylic oxidation sites excluding steroid dienone is 4. The first kappa shape index (κ1) is 29.3. The van der Waals surface area contributed by atoms with Gasteiger partial charge >= 0.3 is 0 Å². The van der Waals surface area contributed by atoms with Crippen molar-refractivity contribution in [3.63, 3.8) is 0 Å². The van der Waals surface area contributed by atoms with E-state index in [1.54, 1.807) is 0 Å². The van der Waals surface area contributed by atoms with Crippen molar-refractivity contribution in [2.75, 3.05) is 0 Å². The molecule has 5 aromatic carbocycles. The highest BCUT2D eigenvalue weighted by Crippen LogP contribution is 2.53. The van der Waals surface area contributed by atoms with Gasteiger partial charge in [0.2, 0.25) is 0 Å². The summed E-state index contributed by atoms with van der Waals surface area (Å²) < 4.78 is 0. The number of rotatable bonds is 4. The molecule has 0 amide bonds. The van der Waals surface area contributed by atoms with Crippen molar-refractivity contribution in [1.82, 2.24) is 15.0 Å². The lowest BCUT2D eigenvalue weighted by Crippen LogP contribution is -2.25. The van der Waals surface area contributed by atoms with Crippen LogP contribution in [0.4, 0.5) is 0 Å². The molecular weight excluding hydrogens is 571 g/mol. The van der Waals surface area contributed by atoms with Crippen molar-refractivity contribution in [3.05, 3.63) is 144 Å². The number of aromatic nitrogens is 3. The van der Waals surface area contributed by atoms with Crippen LogP contribution in [0, 0.1) is 11.3 Å². The molecule has 0 saturated carbocycles. The second kappa shape index (κ2) is 11.0. The van der Waals surface area contributed by atoms with Gasteiger partial charge in [-0.3, -0.25) is 0 Å². The molecular formula is C44H39N3. The van der Waals surface area contributed by atoms with Gasteiger partial charge in [0.25, 0.3) is 0 Å². The van der Waals surface area contributed by atoms with Crippen molar-refractivity contribution in [3.8, 4) is 45.3 Å². The maximum atomic E-state index is 5.16. The largest absolute Gasteiger partial charge is 0.208 e. The summed E-state index contributed by atoms with van der Waals surface area (Å²) in [6, 6.07) is 40.6. The molecule has 3 heteroatoms. The van der Waals surface area contributed by atoms with Crippen molar-refractivity contribution >= 4 is 16.3 Å². The molecule has 1 atom stereocenters. The van der Waals surface area contributed by atoms with Crippen LogP contribution in [0.5, 0.6) is 0 Å².